The monoisotopic (exact) mass is 316 g/mol. The minimum absolute atomic E-state index is 0.319. The topological polar surface area (TPSA) is 94.1 Å². The van der Waals surface area contributed by atoms with Crippen molar-refractivity contribution in [3.63, 3.8) is 0 Å². The second-order valence-corrected chi connectivity index (χ2v) is 6.24. The molecule has 0 radical (unpaired) electrons. The fraction of sp³-hybridized carbons (Fsp3) is 0.857. The molecule has 1 aliphatic rings. The zero-order chi connectivity index (χ0) is 16.6. The van der Waals surface area contributed by atoms with E-state index in [1.165, 1.54) is 4.90 Å². The number of nitrogens with zero attached hydrogens (tertiary/aromatic N) is 2. The standard InChI is InChI=1S/C14H28N4O4/c1-14(2,3)22-13(21)18-10-6-15-4-8-17(12(19)20)9-5-16-7-11-18/h15-16H,4-11H2,1-3H3,(H,19,20). The largest absolute Gasteiger partial charge is 0.465 e. The highest BCUT2D eigenvalue weighted by Crippen LogP contribution is 2.09. The Morgan fingerprint density at radius 2 is 1.32 bits per heavy atom. The summed E-state index contributed by atoms with van der Waals surface area (Å²) in [5.74, 6) is 0. The summed E-state index contributed by atoms with van der Waals surface area (Å²) >= 11 is 0. The zero-order valence-electron chi connectivity index (χ0n) is 13.7. The molecule has 1 fully saturated rings. The van der Waals surface area contributed by atoms with E-state index in [9.17, 15) is 9.59 Å². The molecule has 8 nitrogen and oxygen atoms in total. The molecule has 0 spiro atoms. The van der Waals surface area contributed by atoms with E-state index in [1.54, 1.807) is 4.90 Å². The number of amides is 2. The van der Waals surface area contributed by atoms with Gasteiger partial charge in [0.25, 0.3) is 0 Å². The molecule has 0 aromatic carbocycles. The van der Waals surface area contributed by atoms with Crippen molar-refractivity contribution in [1.29, 1.82) is 0 Å². The van der Waals surface area contributed by atoms with E-state index in [0.29, 0.717) is 52.4 Å². The van der Waals surface area contributed by atoms with Crippen LogP contribution in [0.5, 0.6) is 0 Å². The Kier molecular flexibility index (Phi) is 7.40. The van der Waals surface area contributed by atoms with Crippen molar-refractivity contribution >= 4 is 12.2 Å². The molecule has 0 saturated carbocycles. The number of carbonyl (C=O) groups excluding carboxylic acids is 1. The average molecular weight is 316 g/mol. The van der Waals surface area contributed by atoms with Crippen LogP contribution in [0.4, 0.5) is 9.59 Å². The third-order valence-corrected chi connectivity index (χ3v) is 3.16. The van der Waals surface area contributed by atoms with Gasteiger partial charge in [0.15, 0.2) is 0 Å². The molecule has 3 N–H and O–H groups in total. The van der Waals surface area contributed by atoms with Crippen LogP contribution >= 0.6 is 0 Å². The molecule has 1 heterocycles. The molecule has 2 amide bonds. The van der Waals surface area contributed by atoms with E-state index in [2.05, 4.69) is 10.6 Å². The maximum absolute atomic E-state index is 12.1. The van der Waals surface area contributed by atoms with E-state index in [4.69, 9.17) is 9.84 Å². The fourth-order valence-electron chi connectivity index (χ4n) is 2.03. The second-order valence-electron chi connectivity index (χ2n) is 6.24. The minimum Gasteiger partial charge on any atom is -0.465 e. The van der Waals surface area contributed by atoms with Gasteiger partial charge in [-0.3, -0.25) is 0 Å². The predicted molar refractivity (Wildman–Crippen MR) is 83.1 cm³/mol. The number of hydrogen-bond donors (Lipinski definition) is 3. The Hall–Kier alpha value is -1.54. The average Bonchev–Trinajstić information content (AvgIpc) is 2.36. The van der Waals surface area contributed by atoms with Crippen LogP contribution in [0.15, 0.2) is 0 Å². The van der Waals surface area contributed by atoms with Crippen molar-refractivity contribution in [3.05, 3.63) is 0 Å². The molecular weight excluding hydrogens is 288 g/mol. The zero-order valence-corrected chi connectivity index (χ0v) is 13.7. The Labute approximate surface area is 131 Å². The molecule has 0 unspecified atom stereocenters. The van der Waals surface area contributed by atoms with Gasteiger partial charge in [-0.1, -0.05) is 0 Å². The molecule has 0 bridgehead atoms. The molecular formula is C14H28N4O4. The Morgan fingerprint density at radius 3 is 1.68 bits per heavy atom. The highest BCUT2D eigenvalue weighted by Gasteiger charge is 2.22. The molecule has 0 atom stereocenters. The first-order valence-corrected chi connectivity index (χ1v) is 7.67. The first kappa shape index (κ1) is 18.5. The Bertz CT molecular complexity index is 356. The summed E-state index contributed by atoms with van der Waals surface area (Å²) in [5, 5.41) is 15.4. The molecule has 0 aromatic rings. The maximum Gasteiger partial charge on any atom is 0.410 e. The van der Waals surface area contributed by atoms with Gasteiger partial charge in [0.05, 0.1) is 0 Å². The number of hydrogen-bond acceptors (Lipinski definition) is 5. The highest BCUT2D eigenvalue weighted by molar-refractivity contribution is 5.68. The lowest BCUT2D eigenvalue weighted by Gasteiger charge is -2.28. The van der Waals surface area contributed by atoms with Crippen LogP contribution in [0.1, 0.15) is 20.8 Å². The van der Waals surface area contributed by atoms with Gasteiger partial charge in [0.1, 0.15) is 5.60 Å². The number of rotatable bonds is 0. The van der Waals surface area contributed by atoms with Crippen LogP contribution < -0.4 is 10.6 Å². The van der Waals surface area contributed by atoms with Crippen molar-refractivity contribution in [2.45, 2.75) is 26.4 Å². The van der Waals surface area contributed by atoms with Crippen LogP contribution in [0.2, 0.25) is 0 Å². The Morgan fingerprint density at radius 1 is 0.909 bits per heavy atom. The number of carboxylic acid groups (broad SMARTS) is 1. The minimum atomic E-state index is -0.906. The summed E-state index contributed by atoms with van der Waals surface area (Å²) < 4.78 is 5.40. The number of ether oxygens (including phenoxy) is 1. The van der Waals surface area contributed by atoms with Gasteiger partial charge in [-0.05, 0) is 20.8 Å². The lowest BCUT2D eigenvalue weighted by Crippen LogP contribution is -2.47. The van der Waals surface area contributed by atoms with Crippen LogP contribution in [0.3, 0.4) is 0 Å². The summed E-state index contributed by atoms with van der Waals surface area (Å²) in [6.45, 7) is 9.80. The summed E-state index contributed by atoms with van der Waals surface area (Å²) in [4.78, 5) is 26.2. The van der Waals surface area contributed by atoms with E-state index in [1.807, 2.05) is 20.8 Å². The van der Waals surface area contributed by atoms with Crippen molar-refractivity contribution < 1.29 is 19.4 Å². The second kappa shape index (κ2) is 8.79. The molecule has 1 saturated heterocycles. The van der Waals surface area contributed by atoms with Gasteiger partial charge < -0.3 is 30.3 Å². The van der Waals surface area contributed by atoms with Crippen LogP contribution in [0.25, 0.3) is 0 Å². The van der Waals surface area contributed by atoms with Crippen LogP contribution in [-0.4, -0.2) is 85.1 Å². The lowest BCUT2D eigenvalue weighted by molar-refractivity contribution is 0.0253. The lowest BCUT2D eigenvalue weighted by atomic mass is 10.2. The molecule has 8 heteroatoms. The molecule has 1 rings (SSSR count). The van der Waals surface area contributed by atoms with Gasteiger partial charge in [-0.15, -0.1) is 0 Å². The van der Waals surface area contributed by atoms with Gasteiger partial charge >= 0.3 is 12.2 Å². The predicted octanol–water partition coefficient (Wildman–Crippen LogP) is 0.396. The van der Waals surface area contributed by atoms with Gasteiger partial charge in [-0.25, -0.2) is 9.59 Å². The quantitative estimate of drug-likeness (QED) is 0.599. The smallest absolute Gasteiger partial charge is 0.410 e. The Balaban J connectivity index is 2.50. The van der Waals surface area contributed by atoms with Crippen LogP contribution in [-0.2, 0) is 4.74 Å². The molecule has 0 aromatic heterocycles. The molecule has 1 aliphatic heterocycles. The van der Waals surface area contributed by atoms with E-state index < -0.39 is 11.7 Å². The van der Waals surface area contributed by atoms with Gasteiger partial charge in [0, 0.05) is 52.4 Å². The van der Waals surface area contributed by atoms with E-state index >= 15 is 0 Å². The highest BCUT2D eigenvalue weighted by atomic mass is 16.6. The molecule has 22 heavy (non-hydrogen) atoms. The van der Waals surface area contributed by atoms with E-state index in [-0.39, 0.29) is 6.09 Å². The first-order valence-electron chi connectivity index (χ1n) is 7.67. The van der Waals surface area contributed by atoms with Gasteiger partial charge in [-0.2, -0.15) is 0 Å². The van der Waals surface area contributed by atoms with Crippen LogP contribution in [0, 0.1) is 0 Å². The summed E-state index contributed by atoms with van der Waals surface area (Å²) in [5.41, 5.74) is -0.510. The first-order chi connectivity index (χ1) is 10.3. The van der Waals surface area contributed by atoms with Crippen molar-refractivity contribution in [1.82, 2.24) is 20.4 Å². The number of nitrogens with one attached hydrogen (secondary N) is 2. The van der Waals surface area contributed by atoms with Crippen molar-refractivity contribution in [2.24, 2.45) is 0 Å². The third kappa shape index (κ3) is 7.46. The normalized spacial score (nSPS) is 19.0. The summed E-state index contributed by atoms with van der Waals surface area (Å²) in [6, 6.07) is 0. The van der Waals surface area contributed by atoms with E-state index in [0.717, 1.165) is 0 Å². The van der Waals surface area contributed by atoms with Gasteiger partial charge in [0.2, 0.25) is 0 Å². The summed E-state index contributed by atoms with van der Waals surface area (Å²) in [7, 11) is 0. The number of carbonyl (C=O) groups is 2. The van der Waals surface area contributed by atoms with Crippen molar-refractivity contribution in [2.75, 3.05) is 52.4 Å². The molecule has 0 aliphatic carbocycles. The third-order valence-electron chi connectivity index (χ3n) is 3.16. The maximum atomic E-state index is 12.1. The molecule has 128 valence electrons. The SMILES string of the molecule is CC(C)(C)OC(=O)N1CCNCCN(C(=O)O)CCNCC1. The fourth-order valence-corrected chi connectivity index (χ4v) is 2.03. The summed E-state index contributed by atoms with van der Waals surface area (Å²) in [6.07, 6.45) is -1.23. The van der Waals surface area contributed by atoms with Crippen molar-refractivity contribution in [3.8, 4) is 0 Å².